The summed E-state index contributed by atoms with van der Waals surface area (Å²) in [5, 5.41) is 11.6. The second-order valence-electron chi connectivity index (χ2n) is 6.51. The third-order valence-electron chi connectivity index (χ3n) is 4.44. The molecule has 1 aromatic carbocycles. The molecule has 0 aromatic heterocycles. The first-order chi connectivity index (χ1) is 9.40. The van der Waals surface area contributed by atoms with E-state index in [1.807, 2.05) is 20.8 Å². The van der Waals surface area contributed by atoms with Gasteiger partial charge >= 0.3 is 6.18 Å². The highest BCUT2D eigenvalue weighted by Crippen LogP contribution is 2.48. The van der Waals surface area contributed by atoms with Crippen molar-refractivity contribution in [2.75, 3.05) is 0 Å². The number of hydroxylamine groups is 2. The number of rotatable bonds is 1. The molecular formula is C16H20F3NO. The Morgan fingerprint density at radius 2 is 1.62 bits per heavy atom. The molecule has 21 heavy (non-hydrogen) atoms. The van der Waals surface area contributed by atoms with Gasteiger partial charge in [-0.3, -0.25) is 0 Å². The summed E-state index contributed by atoms with van der Waals surface area (Å²) in [6.45, 7) is 9.17. The first kappa shape index (κ1) is 16.0. The Bertz CT molecular complexity index is 600. The van der Waals surface area contributed by atoms with Gasteiger partial charge in [-0.1, -0.05) is 12.1 Å². The molecule has 0 amide bonds. The van der Waals surface area contributed by atoms with Crippen LogP contribution in [0.25, 0.3) is 5.57 Å². The molecule has 2 nitrogen and oxygen atoms in total. The normalized spacial score (nSPS) is 22.0. The summed E-state index contributed by atoms with van der Waals surface area (Å²) in [5.41, 5.74) is 0.0582. The Hall–Kier alpha value is -1.33. The van der Waals surface area contributed by atoms with Gasteiger partial charge in [0.1, 0.15) is 0 Å². The zero-order valence-electron chi connectivity index (χ0n) is 12.8. The Morgan fingerprint density at radius 1 is 1.05 bits per heavy atom. The number of nitrogens with zero attached hydrogens (tertiary/aromatic N) is 1. The van der Waals surface area contributed by atoms with E-state index >= 15 is 0 Å². The standard InChI is InChI=1S/C16H20F3NO/c1-10-13(15(4,5)20(21)14(10,2)3)11-7-6-8-12(9-11)16(17,18)19/h6-9,21H,1-5H3. The van der Waals surface area contributed by atoms with Crippen molar-refractivity contribution < 1.29 is 18.4 Å². The summed E-state index contributed by atoms with van der Waals surface area (Å²) in [4.78, 5) is 0. The van der Waals surface area contributed by atoms with Crippen molar-refractivity contribution in [2.24, 2.45) is 0 Å². The van der Waals surface area contributed by atoms with E-state index in [-0.39, 0.29) is 0 Å². The fourth-order valence-electron chi connectivity index (χ4n) is 3.15. The van der Waals surface area contributed by atoms with Gasteiger partial charge < -0.3 is 5.21 Å². The molecule has 0 saturated heterocycles. The zero-order chi connectivity index (χ0) is 16.2. The van der Waals surface area contributed by atoms with Gasteiger partial charge in [-0.15, -0.1) is 0 Å². The molecule has 0 unspecified atom stereocenters. The van der Waals surface area contributed by atoms with Gasteiger partial charge in [0.05, 0.1) is 16.6 Å². The lowest BCUT2D eigenvalue weighted by molar-refractivity contribution is -0.183. The van der Waals surface area contributed by atoms with Crippen LogP contribution >= 0.6 is 0 Å². The van der Waals surface area contributed by atoms with Crippen LogP contribution in [0.1, 0.15) is 45.7 Å². The molecule has 1 aliphatic heterocycles. The number of benzene rings is 1. The van der Waals surface area contributed by atoms with Crippen molar-refractivity contribution in [2.45, 2.75) is 51.9 Å². The molecular weight excluding hydrogens is 279 g/mol. The van der Waals surface area contributed by atoms with Crippen LogP contribution in [0.3, 0.4) is 0 Å². The highest BCUT2D eigenvalue weighted by molar-refractivity contribution is 5.79. The largest absolute Gasteiger partial charge is 0.416 e. The minimum atomic E-state index is -4.37. The molecule has 5 heteroatoms. The third kappa shape index (κ3) is 2.38. The van der Waals surface area contributed by atoms with Crippen LogP contribution in [0.15, 0.2) is 29.8 Å². The minimum Gasteiger partial charge on any atom is -0.312 e. The first-order valence-electron chi connectivity index (χ1n) is 6.79. The van der Waals surface area contributed by atoms with Crippen LogP contribution in [-0.4, -0.2) is 21.3 Å². The summed E-state index contributed by atoms with van der Waals surface area (Å²) in [5.74, 6) is 0. The highest BCUT2D eigenvalue weighted by atomic mass is 19.4. The molecule has 2 rings (SSSR count). The van der Waals surface area contributed by atoms with Crippen molar-refractivity contribution in [1.29, 1.82) is 0 Å². The van der Waals surface area contributed by atoms with Gasteiger partial charge in [0.2, 0.25) is 0 Å². The zero-order valence-corrected chi connectivity index (χ0v) is 12.8. The SMILES string of the molecule is CC1=C(c2cccc(C(F)(F)F)c2)C(C)(C)N(O)C1(C)C. The van der Waals surface area contributed by atoms with E-state index in [1.54, 1.807) is 19.9 Å². The van der Waals surface area contributed by atoms with Gasteiger partial charge in [-0.05, 0) is 63.5 Å². The molecule has 0 spiro atoms. The van der Waals surface area contributed by atoms with Crippen LogP contribution in [0.2, 0.25) is 0 Å². The topological polar surface area (TPSA) is 23.5 Å². The number of hydrogen-bond donors (Lipinski definition) is 1. The van der Waals surface area contributed by atoms with Crippen LogP contribution < -0.4 is 0 Å². The summed E-state index contributed by atoms with van der Waals surface area (Å²) < 4.78 is 38.7. The van der Waals surface area contributed by atoms with Gasteiger partial charge in [0.25, 0.3) is 0 Å². The van der Waals surface area contributed by atoms with E-state index in [0.717, 1.165) is 23.3 Å². The second kappa shape index (κ2) is 4.58. The quantitative estimate of drug-likeness (QED) is 0.809. The predicted octanol–water partition coefficient (Wildman–Crippen LogP) is 4.74. The molecule has 0 aliphatic carbocycles. The predicted molar refractivity (Wildman–Crippen MR) is 75.8 cm³/mol. The van der Waals surface area contributed by atoms with Crippen LogP contribution in [0.4, 0.5) is 13.2 Å². The van der Waals surface area contributed by atoms with Crippen LogP contribution in [0, 0.1) is 0 Å². The van der Waals surface area contributed by atoms with Crippen molar-refractivity contribution >= 4 is 5.57 Å². The van der Waals surface area contributed by atoms with Crippen molar-refractivity contribution in [1.82, 2.24) is 5.06 Å². The minimum absolute atomic E-state index is 0.497. The maximum absolute atomic E-state index is 12.9. The molecule has 1 aliphatic rings. The van der Waals surface area contributed by atoms with E-state index in [1.165, 1.54) is 11.1 Å². The summed E-state index contributed by atoms with van der Waals surface area (Å²) in [6, 6.07) is 5.27. The third-order valence-corrected chi connectivity index (χ3v) is 4.44. The maximum atomic E-state index is 12.9. The van der Waals surface area contributed by atoms with E-state index in [9.17, 15) is 18.4 Å². The maximum Gasteiger partial charge on any atom is 0.416 e. The van der Waals surface area contributed by atoms with Gasteiger partial charge in [0, 0.05) is 0 Å². The monoisotopic (exact) mass is 299 g/mol. The molecule has 0 saturated carbocycles. The fraction of sp³-hybridized carbons (Fsp3) is 0.500. The Morgan fingerprint density at radius 3 is 2.05 bits per heavy atom. The first-order valence-corrected chi connectivity index (χ1v) is 6.79. The average Bonchev–Trinajstić information content (AvgIpc) is 2.47. The lowest BCUT2D eigenvalue weighted by Gasteiger charge is -2.36. The van der Waals surface area contributed by atoms with Crippen molar-refractivity contribution in [3.63, 3.8) is 0 Å². The molecule has 1 aromatic rings. The Kier molecular flexibility index (Phi) is 3.50. The van der Waals surface area contributed by atoms with Gasteiger partial charge in [-0.2, -0.15) is 18.2 Å². The van der Waals surface area contributed by atoms with E-state index < -0.39 is 22.8 Å². The van der Waals surface area contributed by atoms with Crippen LogP contribution in [-0.2, 0) is 6.18 Å². The van der Waals surface area contributed by atoms with E-state index in [0.29, 0.717) is 5.56 Å². The molecule has 1 heterocycles. The summed E-state index contributed by atoms with van der Waals surface area (Å²) in [6.07, 6.45) is -4.37. The summed E-state index contributed by atoms with van der Waals surface area (Å²) >= 11 is 0. The fourth-order valence-corrected chi connectivity index (χ4v) is 3.15. The lowest BCUT2D eigenvalue weighted by Crippen LogP contribution is -2.48. The van der Waals surface area contributed by atoms with Gasteiger partial charge in [0.15, 0.2) is 0 Å². The molecule has 116 valence electrons. The second-order valence-corrected chi connectivity index (χ2v) is 6.51. The smallest absolute Gasteiger partial charge is 0.312 e. The molecule has 0 atom stereocenters. The number of hydrogen-bond acceptors (Lipinski definition) is 2. The van der Waals surface area contributed by atoms with E-state index in [4.69, 9.17) is 0 Å². The van der Waals surface area contributed by atoms with Gasteiger partial charge in [-0.25, -0.2) is 0 Å². The molecule has 0 fully saturated rings. The van der Waals surface area contributed by atoms with Crippen LogP contribution in [0.5, 0.6) is 0 Å². The average molecular weight is 299 g/mol. The highest BCUT2D eigenvalue weighted by Gasteiger charge is 2.49. The van der Waals surface area contributed by atoms with Crippen molar-refractivity contribution in [3.05, 3.63) is 41.0 Å². The molecule has 1 N–H and O–H groups in total. The Balaban J connectivity index is 2.64. The van der Waals surface area contributed by atoms with Crippen molar-refractivity contribution in [3.8, 4) is 0 Å². The number of halogens is 3. The molecule has 0 radical (unpaired) electrons. The number of alkyl halides is 3. The van der Waals surface area contributed by atoms with E-state index in [2.05, 4.69) is 0 Å². The summed E-state index contributed by atoms with van der Waals surface area (Å²) in [7, 11) is 0. The Labute approximate surface area is 122 Å². The lowest BCUT2D eigenvalue weighted by atomic mass is 9.86. The molecule has 0 bridgehead atoms.